The lowest BCUT2D eigenvalue weighted by Crippen LogP contribution is -2.52. The van der Waals surface area contributed by atoms with E-state index in [0.29, 0.717) is 5.56 Å². The van der Waals surface area contributed by atoms with Crippen molar-refractivity contribution in [1.82, 2.24) is 10.2 Å². The third kappa shape index (κ3) is 3.96. The first-order valence-corrected chi connectivity index (χ1v) is 5.84. The fourth-order valence-corrected chi connectivity index (χ4v) is 1.94. The van der Waals surface area contributed by atoms with Crippen LogP contribution in [0.1, 0.15) is 5.56 Å². The maximum absolute atomic E-state index is 12.7. The fraction of sp³-hybridized carbons (Fsp3) is 0.308. The van der Waals surface area contributed by atoms with Crippen LogP contribution in [0.2, 0.25) is 0 Å². The van der Waals surface area contributed by atoms with Crippen LogP contribution in [-0.4, -0.2) is 42.1 Å². The van der Waals surface area contributed by atoms with Gasteiger partial charge in [0.1, 0.15) is 5.82 Å². The van der Waals surface area contributed by atoms with Crippen molar-refractivity contribution in [2.75, 3.05) is 19.6 Å². The van der Waals surface area contributed by atoms with Crippen LogP contribution in [0.3, 0.4) is 0 Å². The number of nitrogens with one attached hydrogen (secondary N) is 1. The number of carbonyl (C=O) groups excluding carboxylic acids is 3. The Balaban J connectivity index is 1.89. The summed E-state index contributed by atoms with van der Waals surface area (Å²) in [5, 5.41) is 2.17. The topological polar surface area (TPSA) is 66.5 Å². The highest BCUT2D eigenvalue weighted by atomic mass is 19.1. The summed E-state index contributed by atoms with van der Waals surface area (Å²) >= 11 is 0. The molecule has 0 unspecified atom stereocenters. The number of benzene rings is 1. The molecule has 1 saturated heterocycles. The predicted octanol–water partition coefficient (Wildman–Crippen LogP) is -0.104. The summed E-state index contributed by atoms with van der Waals surface area (Å²) in [5.74, 6) is -1.26. The minimum absolute atomic E-state index is 0.0382. The van der Waals surface area contributed by atoms with Gasteiger partial charge in [-0.05, 0) is 17.7 Å². The summed E-state index contributed by atoms with van der Waals surface area (Å²) in [6, 6.07) is 5.67. The molecule has 1 fully saturated rings. The van der Waals surface area contributed by atoms with Gasteiger partial charge in [0.25, 0.3) is 0 Å². The number of piperazine rings is 1. The van der Waals surface area contributed by atoms with E-state index in [9.17, 15) is 18.8 Å². The van der Waals surface area contributed by atoms with Crippen LogP contribution in [0.5, 0.6) is 0 Å². The van der Waals surface area contributed by atoms with Crippen LogP contribution < -0.4 is 5.32 Å². The molecular weight excluding hydrogens is 251 g/mol. The van der Waals surface area contributed by atoms with E-state index in [1.54, 1.807) is 12.1 Å². The van der Waals surface area contributed by atoms with Crippen LogP contribution in [0.4, 0.5) is 4.39 Å². The van der Waals surface area contributed by atoms with Crippen LogP contribution in [-0.2, 0) is 20.8 Å². The van der Waals surface area contributed by atoms with Crippen LogP contribution in [0, 0.1) is 5.82 Å². The SMILES string of the molecule is O=C(Cc1ccc(F)cc1)CN1CC(=O)NC(=O)C1. The average Bonchev–Trinajstić information content (AvgIpc) is 2.30. The van der Waals surface area contributed by atoms with Gasteiger partial charge in [-0.15, -0.1) is 0 Å². The molecule has 5 nitrogen and oxygen atoms in total. The first-order valence-electron chi connectivity index (χ1n) is 5.84. The van der Waals surface area contributed by atoms with Gasteiger partial charge in [0.05, 0.1) is 19.6 Å². The monoisotopic (exact) mass is 264 g/mol. The number of halogens is 1. The van der Waals surface area contributed by atoms with Gasteiger partial charge in [-0.3, -0.25) is 24.6 Å². The van der Waals surface area contributed by atoms with Gasteiger partial charge in [-0.25, -0.2) is 4.39 Å². The largest absolute Gasteiger partial charge is 0.298 e. The second kappa shape index (κ2) is 5.71. The standard InChI is InChI=1S/C13H13FN2O3/c14-10-3-1-9(2-4-10)5-11(17)6-16-7-12(18)15-13(19)8-16/h1-4H,5-8H2,(H,15,18,19). The van der Waals surface area contributed by atoms with Gasteiger partial charge in [-0.2, -0.15) is 0 Å². The first-order chi connectivity index (χ1) is 9.02. The van der Waals surface area contributed by atoms with E-state index in [1.165, 1.54) is 17.0 Å². The van der Waals surface area contributed by atoms with E-state index in [4.69, 9.17) is 0 Å². The minimum atomic E-state index is -0.397. The molecule has 0 spiro atoms. The normalized spacial score (nSPS) is 16.3. The summed E-state index contributed by atoms with van der Waals surface area (Å²) in [4.78, 5) is 35.6. The number of hydrogen-bond acceptors (Lipinski definition) is 4. The van der Waals surface area contributed by atoms with Gasteiger partial charge >= 0.3 is 0 Å². The minimum Gasteiger partial charge on any atom is -0.298 e. The maximum atomic E-state index is 12.7. The number of hydrogen-bond donors (Lipinski definition) is 1. The lowest BCUT2D eigenvalue weighted by atomic mass is 10.1. The molecule has 19 heavy (non-hydrogen) atoms. The van der Waals surface area contributed by atoms with Crippen LogP contribution in [0.15, 0.2) is 24.3 Å². The molecule has 1 aliphatic heterocycles. The molecule has 6 heteroatoms. The molecule has 1 aromatic carbocycles. The summed E-state index contributed by atoms with van der Waals surface area (Å²) in [5.41, 5.74) is 0.708. The number of rotatable bonds is 4. The zero-order valence-electron chi connectivity index (χ0n) is 10.2. The van der Waals surface area contributed by atoms with Gasteiger partial charge in [0.2, 0.25) is 11.8 Å². The molecule has 1 heterocycles. The Morgan fingerprint density at radius 1 is 1.16 bits per heavy atom. The summed E-state index contributed by atoms with van der Waals surface area (Å²) in [6.07, 6.45) is 0.159. The number of carbonyl (C=O) groups is 3. The van der Waals surface area contributed by atoms with Gasteiger partial charge in [0, 0.05) is 6.42 Å². The maximum Gasteiger partial charge on any atom is 0.240 e. The molecule has 0 radical (unpaired) electrons. The molecule has 0 atom stereocenters. The third-order valence-electron chi connectivity index (χ3n) is 2.73. The van der Waals surface area contributed by atoms with E-state index < -0.39 is 11.8 Å². The highest BCUT2D eigenvalue weighted by molar-refractivity contribution is 5.99. The highest BCUT2D eigenvalue weighted by Gasteiger charge is 2.23. The Morgan fingerprint density at radius 2 is 1.74 bits per heavy atom. The summed E-state index contributed by atoms with van der Waals surface area (Å²) in [7, 11) is 0. The first kappa shape index (κ1) is 13.4. The van der Waals surface area contributed by atoms with E-state index in [0.717, 1.165) is 0 Å². The molecule has 0 aliphatic carbocycles. The molecule has 100 valence electrons. The number of imide groups is 1. The molecule has 2 rings (SSSR count). The van der Waals surface area contributed by atoms with Gasteiger partial charge in [0.15, 0.2) is 5.78 Å². The van der Waals surface area contributed by atoms with Crippen LogP contribution in [0.25, 0.3) is 0 Å². The Hall–Kier alpha value is -2.08. The second-order valence-corrected chi connectivity index (χ2v) is 4.46. The lowest BCUT2D eigenvalue weighted by Gasteiger charge is -2.24. The third-order valence-corrected chi connectivity index (χ3v) is 2.73. The van der Waals surface area contributed by atoms with Crippen molar-refractivity contribution >= 4 is 17.6 Å². The van der Waals surface area contributed by atoms with Gasteiger partial charge < -0.3 is 0 Å². The van der Waals surface area contributed by atoms with Crippen molar-refractivity contribution in [2.45, 2.75) is 6.42 Å². The number of amides is 2. The van der Waals surface area contributed by atoms with Crippen molar-refractivity contribution < 1.29 is 18.8 Å². The molecule has 1 N–H and O–H groups in total. The van der Waals surface area contributed by atoms with E-state index in [1.807, 2.05) is 0 Å². The predicted molar refractivity (Wildman–Crippen MR) is 64.7 cm³/mol. The molecule has 0 bridgehead atoms. The Bertz CT molecular complexity index is 497. The van der Waals surface area contributed by atoms with E-state index in [2.05, 4.69) is 5.32 Å². The van der Waals surface area contributed by atoms with Gasteiger partial charge in [-0.1, -0.05) is 12.1 Å². The molecule has 0 saturated carbocycles. The quantitative estimate of drug-likeness (QED) is 0.771. The zero-order valence-corrected chi connectivity index (χ0v) is 10.2. The molecule has 2 amide bonds. The summed E-state index contributed by atoms with van der Waals surface area (Å²) < 4.78 is 12.7. The smallest absolute Gasteiger partial charge is 0.240 e. The Kier molecular flexibility index (Phi) is 4.01. The zero-order chi connectivity index (χ0) is 13.8. The lowest BCUT2D eigenvalue weighted by molar-refractivity contribution is -0.136. The molecular formula is C13H13FN2O3. The Morgan fingerprint density at radius 3 is 2.32 bits per heavy atom. The van der Waals surface area contributed by atoms with E-state index >= 15 is 0 Å². The average molecular weight is 264 g/mol. The number of ketones is 1. The van der Waals surface area contributed by atoms with Crippen molar-refractivity contribution in [3.63, 3.8) is 0 Å². The fourth-order valence-electron chi connectivity index (χ4n) is 1.94. The van der Waals surface area contributed by atoms with Crippen molar-refractivity contribution in [2.24, 2.45) is 0 Å². The number of Topliss-reactive ketones (excluding diaryl/α,β-unsaturated/α-hetero) is 1. The van der Waals surface area contributed by atoms with Crippen molar-refractivity contribution in [3.05, 3.63) is 35.6 Å². The molecule has 1 aromatic rings. The highest BCUT2D eigenvalue weighted by Crippen LogP contribution is 2.05. The molecule has 0 aromatic heterocycles. The van der Waals surface area contributed by atoms with Crippen molar-refractivity contribution in [1.29, 1.82) is 0 Å². The number of nitrogens with zero attached hydrogens (tertiary/aromatic N) is 1. The van der Waals surface area contributed by atoms with Crippen LogP contribution >= 0.6 is 0 Å². The second-order valence-electron chi connectivity index (χ2n) is 4.46. The van der Waals surface area contributed by atoms with E-state index in [-0.39, 0.29) is 37.7 Å². The summed E-state index contributed by atoms with van der Waals surface area (Å²) in [6.45, 7) is 0.123. The van der Waals surface area contributed by atoms with Crippen molar-refractivity contribution in [3.8, 4) is 0 Å². The Labute approximate surface area is 109 Å². The molecule has 1 aliphatic rings.